The standard InChI is InChI=1S/C6H6FN/c7-6-3-1-2-5(6)4-8/h2,6H,1,3H2. The molecule has 0 saturated heterocycles. The molecule has 0 aliphatic heterocycles. The van der Waals surface area contributed by atoms with Crippen molar-refractivity contribution in [3.8, 4) is 6.07 Å². The second kappa shape index (κ2) is 1.95. The lowest BCUT2D eigenvalue weighted by Crippen LogP contribution is -1.93. The molecule has 1 atom stereocenters. The first kappa shape index (κ1) is 5.30. The van der Waals surface area contributed by atoms with Gasteiger partial charge in [-0.15, -0.1) is 0 Å². The molecule has 0 aromatic carbocycles. The van der Waals surface area contributed by atoms with E-state index in [1.54, 1.807) is 12.1 Å². The minimum atomic E-state index is -0.972. The lowest BCUT2D eigenvalue weighted by molar-refractivity contribution is 0.386. The Bertz CT molecular complexity index is 154. The zero-order valence-corrected chi connectivity index (χ0v) is 4.39. The van der Waals surface area contributed by atoms with Gasteiger partial charge in [0.2, 0.25) is 0 Å². The normalized spacial score (nSPS) is 27.0. The number of nitriles is 1. The fourth-order valence-electron chi connectivity index (χ4n) is 0.784. The van der Waals surface area contributed by atoms with Crippen molar-refractivity contribution in [1.82, 2.24) is 0 Å². The number of rotatable bonds is 0. The van der Waals surface area contributed by atoms with Gasteiger partial charge in [0.25, 0.3) is 0 Å². The summed E-state index contributed by atoms with van der Waals surface area (Å²) in [5.41, 5.74) is 0.310. The molecule has 1 unspecified atom stereocenters. The molecule has 1 aliphatic carbocycles. The third kappa shape index (κ3) is 0.717. The minimum absolute atomic E-state index is 0.310. The molecule has 0 aromatic heterocycles. The zero-order chi connectivity index (χ0) is 5.98. The summed E-state index contributed by atoms with van der Waals surface area (Å²) in [5, 5.41) is 8.18. The van der Waals surface area contributed by atoms with E-state index >= 15 is 0 Å². The molecule has 1 nitrogen and oxygen atoms in total. The van der Waals surface area contributed by atoms with Crippen LogP contribution in [-0.4, -0.2) is 6.17 Å². The van der Waals surface area contributed by atoms with Crippen LogP contribution in [0.15, 0.2) is 11.6 Å². The highest BCUT2D eigenvalue weighted by atomic mass is 19.1. The maximum absolute atomic E-state index is 12.3. The smallest absolute Gasteiger partial charge is 0.135 e. The molecule has 0 saturated carbocycles. The Morgan fingerprint density at radius 3 is 2.88 bits per heavy atom. The molecular weight excluding hydrogens is 105 g/mol. The first-order valence-electron chi connectivity index (χ1n) is 2.59. The van der Waals surface area contributed by atoms with Crippen LogP contribution in [0.25, 0.3) is 0 Å². The molecule has 2 heteroatoms. The first-order chi connectivity index (χ1) is 3.84. The Balaban J connectivity index is 2.66. The van der Waals surface area contributed by atoms with Gasteiger partial charge in [0.15, 0.2) is 0 Å². The van der Waals surface area contributed by atoms with E-state index in [9.17, 15) is 4.39 Å². The number of halogens is 1. The topological polar surface area (TPSA) is 23.8 Å². The van der Waals surface area contributed by atoms with Gasteiger partial charge in [-0.25, -0.2) is 4.39 Å². The van der Waals surface area contributed by atoms with Crippen molar-refractivity contribution in [2.24, 2.45) is 0 Å². The van der Waals surface area contributed by atoms with Crippen molar-refractivity contribution in [3.05, 3.63) is 11.6 Å². The average Bonchev–Trinajstić information content (AvgIpc) is 2.14. The maximum atomic E-state index is 12.3. The molecular formula is C6H6FN. The Hall–Kier alpha value is -0.840. The van der Waals surface area contributed by atoms with E-state index < -0.39 is 6.17 Å². The van der Waals surface area contributed by atoms with E-state index in [4.69, 9.17) is 5.26 Å². The lowest BCUT2D eigenvalue weighted by atomic mass is 10.2. The molecule has 1 aliphatic rings. The van der Waals surface area contributed by atoms with Gasteiger partial charge >= 0.3 is 0 Å². The summed E-state index contributed by atoms with van der Waals surface area (Å²) in [6.07, 6.45) is 1.91. The molecule has 0 fully saturated rings. The van der Waals surface area contributed by atoms with E-state index in [1.165, 1.54) is 0 Å². The van der Waals surface area contributed by atoms with Gasteiger partial charge in [-0.3, -0.25) is 0 Å². The Kier molecular flexibility index (Phi) is 1.29. The molecule has 42 valence electrons. The number of hydrogen-bond acceptors (Lipinski definition) is 1. The average molecular weight is 111 g/mol. The van der Waals surface area contributed by atoms with E-state index in [0.29, 0.717) is 12.0 Å². The highest BCUT2D eigenvalue weighted by Gasteiger charge is 2.16. The van der Waals surface area contributed by atoms with E-state index in [-0.39, 0.29) is 0 Å². The van der Waals surface area contributed by atoms with Crippen molar-refractivity contribution in [3.63, 3.8) is 0 Å². The highest BCUT2D eigenvalue weighted by molar-refractivity contribution is 5.28. The van der Waals surface area contributed by atoms with Gasteiger partial charge in [-0.1, -0.05) is 6.08 Å². The van der Waals surface area contributed by atoms with Crippen LogP contribution in [0.1, 0.15) is 12.8 Å². The fourth-order valence-corrected chi connectivity index (χ4v) is 0.784. The van der Waals surface area contributed by atoms with Gasteiger partial charge < -0.3 is 0 Å². The van der Waals surface area contributed by atoms with Crippen LogP contribution in [0, 0.1) is 11.3 Å². The van der Waals surface area contributed by atoms with E-state index in [0.717, 1.165) is 6.42 Å². The number of nitrogens with zero attached hydrogens (tertiary/aromatic N) is 1. The van der Waals surface area contributed by atoms with Crippen LogP contribution in [0.5, 0.6) is 0 Å². The van der Waals surface area contributed by atoms with Gasteiger partial charge in [-0.05, 0) is 12.8 Å². The van der Waals surface area contributed by atoms with Crippen LogP contribution in [0.4, 0.5) is 4.39 Å². The quantitative estimate of drug-likeness (QED) is 0.465. The van der Waals surface area contributed by atoms with Crippen LogP contribution < -0.4 is 0 Å². The Morgan fingerprint density at radius 2 is 2.62 bits per heavy atom. The summed E-state index contributed by atoms with van der Waals surface area (Å²) >= 11 is 0. The number of hydrogen-bond donors (Lipinski definition) is 0. The maximum Gasteiger partial charge on any atom is 0.135 e. The van der Waals surface area contributed by atoms with Crippen molar-refractivity contribution in [2.45, 2.75) is 19.0 Å². The third-order valence-electron chi connectivity index (χ3n) is 1.25. The predicted octanol–water partition coefficient (Wildman–Crippen LogP) is 1.57. The van der Waals surface area contributed by atoms with Crippen LogP contribution in [0.3, 0.4) is 0 Å². The van der Waals surface area contributed by atoms with E-state index in [1.807, 2.05) is 0 Å². The predicted molar refractivity (Wildman–Crippen MR) is 27.8 cm³/mol. The molecule has 0 N–H and O–H groups in total. The van der Waals surface area contributed by atoms with Gasteiger partial charge in [0.05, 0.1) is 11.6 Å². The molecule has 0 radical (unpaired) electrons. The second-order valence-electron chi connectivity index (χ2n) is 1.82. The largest absolute Gasteiger partial charge is 0.242 e. The van der Waals surface area contributed by atoms with Crippen molar-refractivity contribution >= 4 is 0 Å². The van der Waals surface area contributed by atoms with E-state index in [2.05, 4.69) is 0 Å². The van der Waals surface area contributed by atoms with Gasteiger partial charge in [0.1, 0.15) is 6.17 Å². The second-order valence-corrected chi connectivity index (χ2v) is 1.82. The molecule has 0 aromatic rings. The van der Waals surface area contributed by atoms with Crippen molar-refractivity contribution < 1.29 is 4.39 Å². The van der Waals surface area contributed by atoms with Gasteiger partial charge in [-0.2, -0.15) is 5.26 Å². The molecule has 0 bridgehead atoms. The Morgan fingerprint density at radius 1 is 1.88 bits per heavy atom. The molecule has 0 spiro atoms. The highest BCUT2D eigenvalue weighted by Crippen LogP contribution is 2.20. The number of alkyl halides is 1. The molecule has 0 amide bonds. The molecule has 0 heterocycles. The summed E-state index contributed by atoms with van der Waals surface area (Å²) in [4.78, 5) is 0. The summed E-state index contributed by atoms with van der Waals surface area (Å²) in [6, 6.07) is 1.80. The minimum Gasteiger partial charge on any atom is -0.242 e. The van der Waals surface area contributed by atoms with Crippen LogP contribution >= 0.6 is 0 Å². The van der Waals surface area contributed by atoms with Gasteiger partial charge in [0, 0.05) is 0 Å². The summed E-state index contributed by atoms with van der Waals surface area (Å²) < 4.78 is 12.3. The lowest BCUT2D eigenvalue weighted by Gasteiger charge is -1.91. The zero-order valence-electron chi connectivity index (χ0n) is 4.39. The Labute approximate surface area is 47.4 Å². The molecule has 1 rings (SSSR count). The molecule has 8 heavy (non-hydrogen) atoms. The fraction of sp³-hybridized carbons (Fsp3) is 0.500. The monoisotopic (exact) mass is 111 g/mol. The number of allylic oxidation sites excluding steroid dienone is 2. The first-order valence-corrected chi connectivity index (χ1v) is 2.59. The van der Waals surface area contributed by atoms with Crippen molar-refractivity contribution in [1.29, 1.82) is 5.26 Å². The summed E-state index contributed by atoms with van der Waals surface area (Å²) in [6.45, 7) is 0. The van der Waals surface area contributed by atoms with Crippen LogP contribution in [0.2, 0.25) is 0 Å². The van der Waals surface area contributed by atoms with Crippen molar-refractivity contribution in [2.75, 3.05) is 0 Å². The SMILES string of the molecule is N#CC1=CCCC1F. The summed E-state index contributed by atoms with van der Waals surface area (Å²) in [5.74, 6) is 0. The summed E-state index contributed by atoms with van der Waals surface area (Å²) in [7, 11) is 0. The van der Waals surface area contributed by atoms with Crippen LogP contribution in [-0.2, 0) is 0 Å². The third-order valence-corrected chi connectivity index (χ3v) is 1.25.